The second-order valence-electron chi connectivity index (χ2n) is 6.97. The zero-order valence-electron chi connectivity index (χ0n) is 15.8. The van der Waals surface area contributed by atoms with Crippen LogP contribution in [0, 0.1) is 5.82 Å². The van der Waals surface area contributed by atoms with Crippen LogP contribution in [0.25, 0.3) is 11.1 Å². The monoisotopic (exact) mass is 403 g/mol. The normalized spacial score (nSPS) is 12.9. The molecule has 0 aliphatic carbocycles. The molecule has 0 spiro atoms. The Kier molecular flexibility index (Phi) is 6.35. The van der Waals surface area contributed by atoms with E-state index in [2.05, 4.69) is 0 Å². The van der Waals surface area contributed by atoms with Crippen LogP contribution >= 0.6 is 0 Å². The topological polar surface area (TPSA) is 23.5 Å². The fourth-order valence-corrected chi connectivity index (χ4v) is 3.29. The highest BCUT2D eigenvalue weighted by molar-refractivity contribution is 5.68. The molecule has 0 saturated carbocycles. The number of aliphatic hydroxyl groups is 1. The lowest BCUT2D eigenvalue weighted by Crippen LogP contribution is -2.24. The third-order valence-electron chi connectivity index (χ3n) is 4.70. The smallest absolute Gasteiger partial charge is 0.387 e. The van der Waals surface area contributed by atoms with E-state index >= 15 is 0 Å². The van der Waals surface area contributed by atoms with E-state index in [0.29, 0.717) is 12.1 Å². The summed E-state index contributed by atoms with van der Waals surface area (Å²) in [5.74, 6) is -0.457. The Bertz CT molecular complexity index is 954. The number of rotatable bonds is 6. The molecule has 2 nitrogen and oxygen atoms in total. The molecule has 0 amide bonds. The number of hydrogen-bond donors (Lipinski definition) is 1. The van der Waals surface area contributed by atoms with E-state index in [1.165, 1.54) is 18.2 Å². The maximum Gasteiger partial charge on any atom is 0.417 e. The molecule has 6 heteroatoms. The minimum absolute atomic E-state index is 0.134. The first-order valence-corrected chi connectivity index (χ1v) is 9.12. The lowest BCUT2D eigenvalue weighted by molar-refractivity contribution is -0.137. The minimum atomic E-state index is -4.42. The maximum absolute atomic E-state index is 13.8. The van der Waals surface area contributed by atoms with E-state index < -0.39 is 23.7 Å². The molecule has 1 atom stereocenters. The molecule has 1 N–H and O–H groups in total. The lowest BCUT2D eigenvalue weighted by Gasteiger charge is -2.21. The van der Waals surface area contributed by atoms with E-state index in [1.54, 1.807) is 55.6 Å². The van der Waals surface area contributed by atoms with Gasteiger partial charge in [0.25, 0.3) is 0 Å². The SMILES string of the molecule is CN(Cc1ccc(-c2ccccc2C(F)(F)F)cc1)CC(O)c1ccccc1F. The molecule has 3 aromatic carbocycles. The Labute approximate surface area is 167 Å². The van der Waals surface area contributed by atoms with Gasteiger partial charge in [0.2, 0.25) is 0 Å². The van der Waals surface area contributed by atoms with Crippen LogP contribution in [0.4, 0.5) is 17.6 Å². The molecule has 0 fully saturated rings. The predicted octanol–water partition coefficient (Wildman–Crippen LogP) is 5.68. The summed E-state index contributed by atoms with van der Waals surface area (Å²) in [6, 6.07) is 18.4. The fourth-order valence-electron chi connectivity index (χ4n) is 3.29. The van der Waals surface area contributed by atoms with Gasteiger partial charge in [0.05, 0.1) is 11.7 Å². The van der Waals surface area contributed by atoms with Gasteiger partial charge in [0.1, 0.15) is 5.82 Å². The van der Waals surface area contributed by atoms with Gasteiger partial charge < -0.3 is 5.11 Å². The van der Waals surface area contributed by atoms with Crippen molar-refractivity contribution in [1.29, 1.82) is 0 Å². The van der Waals surface area contributed by atoms with Gasteiger partial charge in [-0.25, -0.2) is 4.39 Å². The highest BCUT2D eigenvalue weighted by Crippen LogP contribution is 2.36. The van der Waals surface area contributed by atoms with Gasteiger partial charge in [0.15, 0.2) is 0 Å². The van der Waals surface area contributed by atoms with Crippen LogP contribution in [-0.4, -0.2) is 23.6 Å². The largest absolute Gasteiger partial charge is 0.417 e. The van der Waals surface area contributed by atoms with Crippen molar-refractivity contribution in [1.82, 2.24) is 4.90 Å². The van der Waals surface area contributed by atoms with Gasteiger partial charge in [-0.15, -0.1) is 0 Å². The highest BCUT2D eigenvalue weighted by Gasteiger charge is 2.33. The molecule has 0 heterocycles. The van der Waals surface area contributed by atoms with Crippen LogP contribution < -0.4 is 0 Å². The summed E-state index contributed by atoms with van der Waals surface area (Å²) < 4.78 is 53.4. The summed E-state index contributed by atoms with van der Waals surface area (Å²) in [6.45, 7) is 0.687. The summed E-state index contributed by atoms with van der Waals surface area (Å²) in [4.78, 5) is 1.83. The summed E-state index contributed by atoms with van der Waals surface area (Å²) >= 11 is 0. The van der Waals surface area contributed by atoms with Gasteiger partial charge in [-0.05, 0) is 35.9 Å². The Morgan fingerprint density at radius 1 is 0.897 bits per heavy atom. The molecule has 0 bridgehead atoms. The Morgan fingerprint density at radius 2 is 1.52 bits per heavy atom. The number of likely N-dealkylation sites (N-methyl/N-ethyl adjacent to an activating group) is 1. The molecule has 0 saturated heterocycles. The van der Waals surface area contributed by atoms with Gasteiger partial charge in [-0.1, -0.05) is 60.7 Å². The third kappa shape index (κ3) is 5.22. The molecule has 3 rings (SSSR count). The first-order valence-electron chi connectivity index (χ1n) is 9.12. The number of nitrogens with zero attached hydrogens (tertiary/aromatic N) is 1. The third-order valence-corrected chi connectivity index (χ3v) is 4.70. The van der Waals surface area contributed by atoms with Crippen LogP contribution in [-0.2, 0) is 12.7 Å². The second-order valence-corrected chi connectivity index (χ2v) is 6.97. The standard InChI is InChI=1S/C23H21F4NO/c1-28(15-22(29)19-7-3-5-9-21(19)24)14-16-10-12-17(13-11-16)18-6-2-4-8-20(18)23(25,26)27/h2-13,22,29H,14-15H2,1H3. The Morgan fingerprint density at radius 3 is 2.17 bits per heavy atom. The van der Waals surface area contributed by atoms with Crippen LogP contribution in [0.5, 0.6) is 0 Å². The molecule has 152 valence electrons. The molecular formula is C23H21F4NO. The van der Waals surface area contributed by atoms with E-state index in [4.69, 9.17) is 0 Å². The zero-order valence-corrected chi connectivity index (χ0v) is 15.8. The number of halogens is 4. The summed E-state index contributed by atoms with van der Waals surface area (Å²) in [7, 11) is 1.79. The zero-order chi connectivity index (χ0) is 21.0. The molecule has 3 aromatic rings. The number of hydrogen-bond acceptors (Lipinski definition) is 2. The van der Waals surface area contributed by atoms with Crippen LogP contribution in [0.3, 0.4) is 0 Å². The van der Waals surface area contributed by atoms with Crippen LogP contribution in [0.2, 0.25) is 0 Å². The van der Waals surface area contributed by atoms with Gasteiger partial charge >= 0.3 is 6.18 Å². The molecule has 1 unspecified atom stereocenters. The number of alkyl halides is 3. The van der Waals surface area contributed by atoms with Crippen LogP contribution in [0.1, 0.15) is 22.8 Å². The number of benzene rings is 3. The van der Waals surface area contributed by atoms with Gasteiger partial charge in [-0.2, -0.15) is 13.2 Å². The van der Waals surface area contributed by atoms with Crippen molar-refractivity contribution < 1.29 is 22.7 Å². The van der Waals surface area contributed by atoms with Crippen molar-refractivity contribution >= 4 is 0 Å². The number of aliphatic hydroxyl groups excluding tert-OH is 1. The van der Waals surface area contributed by atoms with Crippen molar-refractivity contribution in [3.63, 3.8) is 0 Å². The average Bonchev–Trinajstić information content (AvgIpc) is 2.68. The maximum atomic E-state index is 13.8. The van der Waals surface area contributed by atoms with Crippen molar-refractivity contribution in [2.45, 2.75) is 18.8 Å². The van der Waals surface area contributed by atoms with E-state index in [1.807, 2.05) is 4.90 Å². The van der Waals surface area contributed by atoms with E-state index in [-0.39, 0.29) is 17.7 Å². The first-order chi connectivity index (χ1) is 13.8. The van der Waals surface area contributed by atoms with Gasteiger partial charge in [-0.3, -0.25) is 4.90 Å². The van der Waals surface area contributed by atoms with Crippen molar-refractivity contribution in [2.75, 3.05) is 13.6 Å². The van der Waals surface area contributed by atoms with Crippen LogP contribution in [0.15, 0.2) is 72.8 Å². The van der Waals surface area contributed by atoms with Gasteiger partial charge in [0, 0.05) is 18.7 Å². The highest BCUT2D eigenvalue weighted by atomic mass is 19.4. The molecular weight excluding hydrogens is 382 g/mol. The van der Waals surface area contributed by atoms with Crippen molar-refractivity contribution in [3.05, 3.63) is 95.3 Å². The Balaban J connectivity index is 1.69. The lowest BCUT2D eigenvalue weighted by atomic mass is 9.98. The molecule has 29 heavy (non-hydrogen) atoms. The average molecular weight is 403 g/mol. The molecule has 0 aliphatic heterocycles. The van der Waals surface area contributed by atoms with Crippen molar-refractivity contribution in [3.8, 4) is 11.1 Å². The second kappa shape index (κ2) is 8.76. The molecule has 0 aromatic heterocycles. The van der Waals surface area contributed by atoms with E-state index in [0.717, 1.165) is 11.6 Å². The summed E-state index contributed by atoms with van der Waals surface area (Å²) in [5, 5.41) is 10.3. The van der Waals surface area contributed by atoms with Crippen molar-refractivity contribution in [2.24, 2.45) is 0 Å². The molecule has 0 radical (unpaired) electrons. The summed E-state index contributed by atoms with van der Waals surface area (Å²) in [6.07, 6.45) is -5.39. The predicted molar refractivity (Wildman–Crippen MR) is 105 cm³/mol. The Hall–Kier alpha value is -2.70. The first kappa shape index (κ1) is 21.0. The fraction of sp³-hybridized carbons (Fsp3) is 0.217. The molecule has 0 aliphatic rings. The minimum Gasteiger partial charge on any atom is -0.387 e. The quantitative estimate of drug-likeness (QED) is 0.536. The van der Waals surface area contributed by atoms with E-state index in [9.17, 15) is 22.7 Å². The summed E-state index contributed by atoms with van der Waals surface area (Å²) in [5.41, 5.74) is 1.06.